The fourth-order valence-electron chi connectivity index (χ4n) is 4.21. The van der Waals surface area contributed by atoms with Gasteiger partial charge < -0.3 is 15.8 Å². The lowest BCUT2D eigenvalue weighted by Gasteiger charge is -2.24. The monoisotopic (exact) mass is 484 g/mol. The predicted molar refractivity (Wildman–Crippen MR) is 132 cm³/mol. The smallest absolute Gasteiger partial charge is 0.320 e. The molecule has 3 aromatic rings. The van der Waals surface area contributed by atoms with Gasteiger partial charge in [-0.2, -0.15) is 0 Å². The van der Waals surface area contributed by atoms with Crippen molar-refractivity contribution in [1.82, 2.24) is 9.97 Å². The van der Waals surface area contributed by atoms with Crippen LogP contribution in [0.1, 0.15) is 42.4 Å². The number of nitrogens with two attached hydrogens (primary N) is 1. The Kier molecular flexibility index (Phi) is 7.17. The third-order valence-electron chi connectivity index (χ3n) is 5.82. The Morgan fingerprint density at radius 3 is 2.58 bits per heavy atom. The number of nitrogens with one attached hydrogen (secondary N) is 1. The van der Waals surface area contributed by atoms with Crippen molar-refractivity contribution >= 4 is 35.0 Å². The minimum absolute atomic E-state index is 0.157. The van der Waals surface area contributed by atoms with Gasteiger partial charge in [0, 0.05) is 17.0 Å². The molecule has 0 aliphatic heterocycles. The van der Waals surface area contributed by atoms with E-state index in [1.165, 1.54) is 0 Å². The summed E-state index contributed by atoms with van der Waals surface area (Å²) in [6.45, 7) is 3.90. The Morgan fingerprint density at radius 2 is 1.88 bits per heavy atom. The normalized spacial score (nSPS) is 17.0. The van der Waals surface area contributed by atoms with Crippen LogP contribution in [0.5, 0.6) is 0 Å². The summed E-state index contributed by atoms with van der Waals surface area (Å²) in [5, 5.41) is 4.63. The minimum atomic E-state index is -0.427. The molecule has 1 aromatic heterocycles. The maximum atomic E-state index is 12.0. The van der Waals surface area contributed by atoms with Crippen molar-refractivity contribution in [3.63, 3.8) is 0 Å². The fourth-order valence-corrected chi connectivity index (χ4v) is 4.71. The molecule has 0 fully saturated rings. The summed E-state index contributed by atoms with van der Waals surface area (Å²) in [5.41, 5.74) is 10.9. The van der Waals surface area contributed by atoms with E-state index in [2.05, 4.69) is 11.4 Å². The van der Waals surface area contributed by atoms with Crippen LogP contribution in [0.3, 0.4) is 0 Å². The van der Waals surface area contributed by atoms with Crippen molar-refractivity contribution in [3.05, 3.63) is 75.0 Å². The Labute approximate surface area is 203 Å². The van der Waals surface area contributed by atoms with E-state index < -0.39 is 5.97 Å². The second-order valence-corrected chi connectivity index (χ2v) is 8.75. The minimum Gasteiger partial charge on any atom is -0.459 e. The van der Waals surface area contributed by atoms with E-state index in [4.69, 9.17) is 43.6 Å². The number of aryl methyl sites for hydroxylation is 2. The highest BCUT2D eigenvalue weighted by Gasteiger charge is 2.35. The molecule has 2 atom stereocenters. The molecule has 0 saturated heterocycles. The molecule has 6 nitrogen and oxygen atoms in total. The molecule has 8 heteroatoms. The van der Waals surface area contributed by atoms with Gasteiger partial charge in [-0.25, -0.2) is 9.97 Å². The van der Waals surface area contributed by atoms with E-state index in [9.17, 15) is 4.79 Å². The molecule has 3 N–H and O–H groups in total. The number of hydrogen-bond donors (Lipinski definition) is 2. The van der Waals surface area contributed by atoms with E-state index in [1.807, 2.05) is 38.1 Å². The number of carbonyl (C=O) groups is 1. The first-order valence-corrected chi connectivity index (χ1v) is 11.8. The van der Waals surface area contributed by atoms with Gasteiger partial charge >= 0.3 is 5.97 Å². The Balaban J connectivity index is 1.74. The molecule has 0 saturated carbocycles. The number of halogens is 2. The lowest BCUT2D eigenvalue weighted by Crippen LogP contribution is -2.31. The zero-order chi connectivity index (χ0) is 23.5. The molecule has 33 heavy (non-hydrogen) atoms. The van der Waals surface area contributed by atoms with Crippen molar-refractivity contribution in [1.29, 1.82) is 0 Å². The van der Waals surface area contributed by atoms with E-state index in [-0.39, 0.29) is 18.7 Å². The number of fused-ring (bicyclic) bond motifs is 1. The van der Waals surface area contributed by atoms with E-state index in [0.29, 0.717) is 35.1 Å². The quantitative estimate of drug-likeness (QED) is 0.450. The van der Waals surface area contributed by atoms with Crippen LogP contribution < -0.4 is 11.1 Å². The number of benzene rings is 2. The zero-order valence-electron chi connectivity index (χ0n) is 18.6. The van der Waals surface area contributed by atoms with Gasteiger partial charge in [0.1, 0.15) is 11.9 Å². The lowest BCUT2D eigenvalue weighted by molar-refractivity contribution is -0.147. The fraction of sp³-hybridized carbons (Fsp3) is 0.320. The van der Waals surface area contributed by atoms with Crippen LogP contribution in [0.4, 0.5) is 5.82 Å². The molecule has 0 spiro atoms. The number of anilines is 1. The summed E-state index contributed by atoms with van der Waals surface area (Å²) in [6, 6.07) is 13.2. The highest BCUT2D eigenvalue weighted by Crippen LogP contribution is 2.37. The summed E-state index contributed by atoms with van der Waals surface area (Å²) >= 11 is 12.6. The largest absolute Gasteiger partial charge is 0.459 e. The number of carbonyl (C=O) groups excluding carboxylic acids is 1. The van der Waals surface area contributed by atoms with Gasteiger partial charge in [0.05, 0.1) is 34.7 Å². The standard InChI is InChI=1S/C25H26Cl2N4O2/c1-3-19-23(17-10-9-15(26)12-18(17)27)29-20(4-2)25(30-19)31-24-16-8-6-5-7-14(16)11-21(24)33-22(32)13-28/h5-10,12,21,24H,3-4,11,13,28H2,1-2H3,(H,30,31). The van der Waals surface area contributed by atoms with Crippen molar-refractivity contribution in [3.8, 4) is 11.3 Å². The summed E-state index contributed by atoms with van der Waals surface area (Å²) in [7, 11) is 0. The molecule has 1 aliphatic rings. The van der Waals surface area contributed by atoms with E-state index in [1.54, 1.807) is 12.1 Å². The molecular formula is C25H26Cl2N4O2. The maximum Gasteiger partial charge on any atom is 0.320 e. The Bertz CT molecular complexity index is 1190. The van der Waals surface area contributed by atoms with Gasteiger partial charge in [0.2, 0.25) is 0 Å². The topological polar surface area (TPSA) is 90.1 Å². The predicted octanol–water partition coefficient (Wildman–Crippen LogP) is 5.16. The van der Waals surface area contributed by atoms with Gasteiger partial charge in [0.25, 0.3) is 0 Å². The van der Waals surface area contributed by atoms with Crippen LogP contribution >= 0.6 is 23.2 Å². The van der Waals surface area contributed by atoms with Crippen LogP contribution in [0.25, 0.3) is 11.3 Å². The Hall–Kier alpha value is -2.67. The Morgan fingerprint density at radius 1 is 1.12 bits per heavy atom. The third-order valence-corrected chi connectivity index (χ3v) is 6.37. The van der Waals surface area contributed by atoms with Gasteiger partial charge in [-0.3, -0.25) is 4.79 Å². The molecule has 2 aromatic carbocycles. The number of aromatic nitrogens is 2. The van der Waals surface area contributed by atoms with Crippen LogP contribution in [0.2, 0.25) is 10.0 Å². The average molecular weight is 485 g/mol. The molecule has 0 radical (unpaired) electrons. The molecule has 0 amide bonds. The number of rotatable bonds is 7. The van der Waals surface area contributed by atoms with Crippen molar-refractivity contribution in [2.24, 2.45) is 5.73 Å². The maximum absolute atomic E-state index is 12.0. The number of nitrogens with zero attached hydrogens (tertiary/aromatic N) is 2. The first-order valence-electron chi connectivity index (χ1n) is 11.0. The molecule has 172 valence electrons. The summed E-state index contributed by atoms with van der Waals surface area (Å²) in [5.74, 6) is 0.252. The van der Waals surface area contributed by atoms with Crippen molar-refractivity contribution in [2.75, 3.05) is 11.9 Å². The third kappa shape index (κ3) is 4.83. The highest BCUT2D eigenvalue weighted by atomic mass is 35.5. The SMILES string of the molecule is CCc1nc(-c2ccc(Cl)cc2Cl)c(CC)nc1NC1c2ccccc2CC1OC(=O)CN. The molecule has 1 aliphatic carbocycles. The lowest BCUT2D eigenvalue weighted by atomic mass is 10.1. The van der Waals surface area contributed by atoms with Gasteiger partial charge in [-0.1, -0.05) is 61.3 Å². The summed E-state index contributed by atoms with van der Waals surface area (Å²) in [4.78, 5) is 21.9. The van der Waals surface area contributed by atoms with Crippen molar-refractivity contribution in [2.45, 2.75) is 45.3 Å². The van der Waals surface area contributed by atoms with Crippen LogP contribution in [0, 0.1) is 0 Å². The number of hydrogen-bond acceptors (Lipinski definition) is 6. The van der Waals surface area contributed by atoms with Gasteiger partial charge in [-0.05, 0) is 42.2 Å². The molecular weight excluding hydrogens is 459 g/mol. The molecule has 1 heterocycles. The second-order valence-electron chi connectivity index (χ2n) is 7.90. The van der Waals surface area contributed by atoms with E-state index in [0.717, 1.165) is 33.8 Å². The highest BCUT2D eigenvalue weighted by molar-refractivity contribution is 6.36. The van der Waals surface area contributed by atoms with Gasteiger partial charge in [-0.15, -0.1) is 0 Å². The first kappa shape index (κ1) is 23.5. The molecule has 4 rings (SSSR count). The van der Waals surface area contributed by atoms with Crippen molar-refractivity contribution < 1.29 is 9.53 Å². The molecule has 0 bridgehead atoms. The van der Waals surface area contributed by atoms with Crippen LogP contribution in [0.15, 0.2) is 42.5 Å². The number of ether oxygens (including phenoxy) is 1. The summed E-state index contributed by atoms with van der Waals surface area (Å²) in [6.07, 6.45) is 1.58. The summed E-state index contributed by atoms with van der Waals surface area (Å²) < 4.78 is 5.67. The van der Waals surface area contributed by atoms with E-state index >= 15 is 0 Å². The van der Waals surface area contributed by atoms with Crippen LogP contribution in [-0.4, -0.2) is 28.6 Å². The van der Waals surface area contributed by atoms with Gasteiger partial charge in [0.15, 0.2) is 0 Å². The average Bonchev–Trinajstić information content (AvgIpc) is 3.15. The number of esters is 1. The zero-order valence-corrected chi connectivity index (χ0v) is 20.1. The molecule has 2 unspecified atom stereocenters. The van der Waals surface area contributed by atoms with Crippen LogP contribution in [-0.2, 0) is 28.8 Å². The second kappa shape index (κ2) is 10.1. The first-order chi connectivity index (χ1) is 15.9.